The van der Waals surface area contributed by atoms with Crippen molar-refractivity contribution in [3.05, 3.63) is 60.2 Å². The van der Waals surface area contributed by atoms with E-state index in [1.807, 2.05) is 32.0 Å². The molecule has 152 valence electrons. The summed E-state index contributed by atoms with van der Waals surface area (Å²) in [6, 6.07) is 18.7. The topological polar surface area (TPSA) is 35.9 Å². The number of hydrogen-bond donors (Lipinski definition) is 1. The van der Waals surface area contributed by atoms with Crippen LogP contribution in [-0.2, 0) is 6.54 Å². The number of likely N-dealkylation sites (tertiary alicyclic amines) is 1. The Kier molecular flexibility index (Phi) is 6.97. The van der Waals surface area contributed by atoms with Gasteiger partial charge in [0.1, 0.15) is 5.75 Å². The van der Waals surface area contributed by atoms with E-state index in [0.717, 1.165) is 56.9 Å². The van der Waals surface area contributed by atoms with Crippen LogP contribution in [0, 0.1) is 0 Å². The van der Waals surface area contributed by atoms with Crippen LogP contribution < -0.4 is 9.64 Å². The minimum Gasteiger partial charge on any atom is -0.489 e. The van der Waals surface area contributed by atoms with E-state index in [2.05, 4.69) is 53.2 Å². The Morgan fingerprint density at radius 2 is 1.68 bits per heavy atom. The molecule has 3 rings (SSSR count). The lowest BCUT2D eigenvalue weighted by atomic mass is 9.88. The molecule has 0 atom stereocenters. The van der Waals surface area contributed by atoms with Crippen molar-refractivity contribution in [2.24, 2.45) is 0 Å². The molecule has 0 unspecified atom stereocenters. The zero-order valence-corrected chi connectivity index (χ0v) is 17.5. The number of hydrogen-bond acceptors (Lipinski definition) is 4. The van der Waals surface area contributed by atoms with Gasteiger partial charge in [0.05, 0.1) is 17.4 Å². The fourth-order valence-electron chi connectivity index (χ4n) is 3.84. The predicted molar refractivity (Wildman–Crippen MR) is 116 cm³/mol. The van der Waals surface area contributed by atoms with Crippen LogP contribution in [0.4, 0.5) is 5.69 Å². The Bertz CT molecular complexity index is 724. The summed E-state index contributed by atoms with van der Waals surface area (Å²) in [6.45, 7) is 7.76. The zero-order chi connectivity index (χ0) is 20.0. The molecular weight excluding hydrogens is 348 g/mol. The maximum absolute atomic E-state index is 11.1. The van der Waals surface area contributed by atoms with E-state index in [0.29, 0.717) is 0 Å². The summed E-state index contributed by atoms with van der Waals surface area (Å²) in [5, 5.41) is 11.1. The number of benzene rings is 2. The van der Waals surface area contributed by atoms with E-state index in [1.54, 1.807) is 0 Å². The third-order valence-corrected chi connectivity index (χ3v) is 5.59. The number of nitrogens with zero attached hydrogens (tertiary/aromatic N) is 2. The number of ether oxygens (including phenoxy) is 1. The fourth-order valence-corrected chi connectivity index (χ4v) is 3.84. The van der Waals surface area contributed by atoms with Crippen LogP contribution >= 0.6 is 0 Å². The zero-order valence-electron chi connectivity index (χ0n) is 17.5. The van der Waals surface area contributed by atoms with Crippen molar-refractivity contribution in [2.45, 2.75) is 51.4 Å². The van der Waals surface area contributed by atoms with Crippen LogP contribution in [0.5, 0.6) is 5.75 Å². The largest absolute Gasteiger partial charge is 0.489 e. The van der Waals surface area contributed by atoms with E-state index in [-0.39, 0.29) is 6.10 Å². The molecule has 2 aromatic carbocycles. The molecule has 0 radical (unpaired) electrons. The first-order valence-corrected chi connectivity index (χ1v) is 10.4. The van der Waals surface area contributed by atoms with Crippen molar-refractivity contribution in [2.75, 3.05) is 31.6 Å². The van der Waals surface area contributed by atoms with Gasteiger partial charge in [-0.3, -0.25) is 4.90 Å². The molecule has 0 saturated carbocycles. The van der Waals surface area contributed by atoms with Crippen LogP contribution in [0.3, 0.4) is 0 Å². The van der Waals surface area contributed by atoms with Crippen LogP contribution in [0.25, 0.3) is 0 Å². The van der Waals surface area contributed by atoms with Gasteiger partial charge in [-0.1, -0.05) is 42.5 Å². The molecule has 1 aliphatic heterocycles. The van der Waals surface area contributed by atoms with Gasteiger partial charge in [0, 0.05) is 33.2 Å². The maximum Gasteiger partial charge on any atom is 0.142 e. The smallest absolute Gasteiger partial charge is 0.142 e. The van der Waals surface area contributed by atoms with Gasteiger partial charge >= 0.3 is 0 Å². The molecule has 0 amide bonds. The van der Waals surface area contributed by atoms with Crippen molar-refractivity contribution < 1.29 is 9.84 Å². The van der Waals surface area contributed by atoms with Gasteiger partial charge in [0.25, 0.3) is 0 Å². The Hall–Kier alpha value is -2.04. The number of piperidine rings is 1. The van der Waals surface area contributed by atoms with Gasteiger partial charge < -0.3 is 14.7 Å². The number of anilines is 1. The highest BCUT2D eigenvalue weighted by molar-refractivity contribution is 5.57. The molecule has 1 saturated heterocycles. The standard InChI is InChI=1S/C24H34N2O2/c1-20(2)28-23-12-8-7-11-22(23)25(3)16-13-24(27)14-17-26(18-15-24)19-21-9-5-4-6-10-21/h4-12,20,27H,13-19H2,1-3H3. The van der Waals surface area contributed by atoms with Crippen LogP contribution in [0.15, 0.2) is 54.6 Å². The van der Waals surface area contributed by atoms with Crippen LogP contribution in [-0.4, -0.2) is 48.4 Å². The number of rotatable bonds is 8. The maximum atomic E-state index is 11.1. The summed E-state index contributed by atoms with van der Waals surface area (Å²) in [5.74, 6) is 0.907. The van der Waals surface area contributed by atoms with E-state index in [1.165, 1.54) is 5.56 Å². The fraction of sp³-hybridized carbons (Fsp3) is 0.500. The molecule has 2 aromatic rings. The minimum absolute atomic E-state index is 0.146. The summed E-state index contributed by atoms with van der Waals surface area (Å²) < 4.78 is 5.94. The Balaban J connectivity index is 1.51. The number of aliphatic hydroxyl groups is 1. The highest BCUT2D eigenvalue weighted by atomic mass is 16.5. The first kappa shape index (κ1) is 20.7. The summed E-state index contributed by atoms with van der Waals surface area (Å²) in [5.41, 5.74) is 1.85. The van der Waals surface area contributed by atoms with E-state index in [4.69, 9.17) is 4.74 Å². The first-order chi connectivity index (χ1) is 13.5. The van der Waals surface area contributed by atoms with E-state index >= 15 is 0 Å². The molecule has 1 fully saturated rings. The SMILES string of the molecule is CC(C)Oc1ccccc1N(C)CCC1(O)CCN(Cc2ccccc2)CC1. The third kappa shape index (κ3) is 5.73. The summed E-state index contributed by atoms with van der Waals surface area (Å²) >= 11 is 0. The highest BCUT2D eigenvalue weighted by Gasteiger charge is 2.32. The lowest BCUT2D eigenvalue weighted by Gasteiger charge is -2.39. The molecule has 1 N–H and O–H groups in total. The third-order valence-electron chi connectivity index (χ3n) is 5.59. The Morgan fingerprint density at radius 3 is 2.36 bits per heavy atom. The van der Waals surface area contributed by atoms with Crippen molar-refractivity contribution in [1.82, 2.24) is 4.90 Å². The van der Waals surface area contributed by atoms with Crippen molar-refractivity contribution in [3.63, 3.8) is 0 Å². The molecule has 0 aromatic heterocycles. The monoisotopic (exact) mass is 382 g/mol. The quantitative estimate of drug-likeness (QED) is 0.737. The van der Waals surface area contributed by atoms with Crippen molar-refractivity contribution in [3.8, 4) is 5.75 Å². The first-order valence-electron chi connectivity index (χ1n) is 10.4. The van der Waals surface area contributed by atoms with Crippen molar-refractivity contribution >= 4 is 5.69 Å². The van der Waals surface area contributed by atoms with Gasteiger partial charge in [-0.2, -0.15) is 0 Å². The second kappa shape index (κ2) is 9.44. The minimum atomic E-state index is -0.574. The molecule has 1 aliphatic rings. The van der Waals surface area contributed by atoms with Gasteiger partial charge in [0.2, 0.25) is 0 Å². The lowest BCUT2D eigenvalue weighted by molar-refractivity contribution is -0.0275. The molecule has 1 heterocycles. The molecule has 4 nitrogen and oxygen atoms in total. The van der Waals surface area contributed by atoms with Gasteiger partial charge in [-0.25, -0.2) is 0 Å². The molecule has 4 heteroatoms. The van der Waals surface area contributed by atoms with E-state index < -0.39 is 5.60 Å². The highest BCUT2D eigenvalue weighted by Crippen LogP contribution is 2.31. The average Bonchev–Trinajstić information content (AvgIpc) is 2.69. The molecule has 28 heavy (non-hydrogen) atoms. The lowest BCUT2D eigenvalue weighted by Crippen LogP contribution is -2.45. The summed E-state index contributed by atoms with van der Waals surface area (Å²) in [6.07, 6.45) is 2.58. The number of para-hydroxylation sites is 2. The Labute approximate surface area is 169 Å². The molecular formula is C24H34N2O2. The predicted octanol–water partition coefficient (Wildman–Crippen LogP) is 4.33. The molecule has 0 bridgehead atoms. The summed E-state index contributed by atoms with van der Waals surface area (Å²) in [4.78, 5) is 4.64. The summed E-state index contributed by atoms with van der Waals surface area (Å²) in [7, 11) is 2.08. The van der Waals surface area contributed by atoms with Crippen LogP contribution in [0.1, 0.15) is 38.7 Å². The second-order valence-electron chi connectivity index (χ2n) is 8.29. The van der Waals surface area contributed by atoms with E-state index in [9.17, 15) is 5.11 Å². The van der Waals surface area contributed by atoms with Gasteiger partial charge in [0.15, 0.2) is 0 Å². The normalized spacial score (nSPS) is 16.9. The van der Waals surface area contributed by atoms with Gasteiger partial charge in [-0.15, -0.1) is 0 Å². The molecule has 0 spiro atoms. The Morgan fingerprint density at radius 1 is 1.04 bits per heavy atom. The second-order valence-corrected chi connectivity index (χ2v) is 8.29. The molecule has 0 aliphatic carbocycles. The average molecular weight is 383 g/mol. The van der Waals surface area contributed by atoms with Gasteiger partial charge in [-0.05, 0) is 50.8 Å². The van der Waals surface area contributed by atoms with Crippen molar-refractivity contribution in [1.29, 1.82) is 0 Å². The van der Waals surface area contributed by atoms with Crippen LogP contribution in [0.2, 0.25) is 0 Å².